The molecule has 0 aliphatic rings. The molecule has 0 aliphatic heterocycles. The zero-order valence-electron chi connectivity index (χ0n) is 9.92. The van der Waals surface area contributed by atoms with Gasteiger partial charge in [0.2, 0.25) is 0 Å². The molecule has 18 heavy (non-hydrogen) atoms. The molecule has 0 saturated carbocycles. The summed E-state index contributed by atoms with van der Waals surface area (Å²) in [7, 11) is 0. The first kappa shape index (κ1) is 10.7. The Kier molecular flexibility index (Phi) is 2.65. The standard InChI is InChI=1S/C15H11N2O/c1-11-7-13(12-5-3-2-4-6-12)14(8-17-11)15-9-16-10-18-15/h2-7,9-10H,1H3. The van der Waals surface area contributed by atoms with Gasteiger partial charge in [0.05, 0.1) is 11.8 Å². The van der Waals surface area contributed by atoms with E-state index in [1.54, 1.807) is 6.20 Å². The van der Waals surface area contributed by atoms with Crippen molar-refractivity contribution in [1.82, 2.24) is 9.97 Å². The maximum Gasteiger partial charge on any atom is 0.181 e. The monoisotopic (exact) mass is 235 g/mol. The molecule has 2 heterocycles. The van der Waals surface area contributed by atoms with Gasteiger partial charge in [-0.15, -0.1) is 0 Å². The minimum absolute atomic E-state index is 0.682. The molecule has 87 valence electrons. The van der Waals surface area contributed by atoms with Gasteiger partial charge in [0, 0.05) is 5.69 Å². The first-order chi connectivity index (χ1) is 8.84. The maximum absolute atomic E-state index is 5.34. The number of pyridine rings is 1. The molecule has 2 aromatic heterocycles. The maximum atomic E-state index is 5.34. The van der Waals surface area contributed by atoms with Crippen LogP contribution in [0.15, 0.2) is 53.4 Å². The van der Waals surface area contributed by atoms with Crippen molar-refractivity contribution in [2.45, 2.75) is 6.92 Å². The van der Waals surface area contributed by atoms with Crippen LogP contribution in [-0.2, 0) is 0 Å². The van der Waals surface area contributed by atoms with Crippen molar-refractivity contribution in [3.63, 3.8) is 0 Å². The van der Waals surface area contributed by atoms with E-state index in [2.05, 4.69) is 28.3 Å². The predicted molar refractivity (Wildman–Crippen MR) is 68.7 cm³/mol. The molecule has 0 unspecified atom stereocenters. The van der Waals surface area contributed by atoms with Crippen LogP contribution in [0.4, 0.5) is 0 Å². The summed E-state index contributed by atoms with van der Waals surface area (Å²) in [5.41, 5.74) is 3.94. The number of hydrogen-bond donors (Lipinski definition) is 0. The van der Waals surface area contributed by atoms with Crippen molar-refractivity contribution >= 4 is 0 Å². The highest BCUT2D eigenvalue weighted by Gasteiger charge is 2.11. The second-order valence-corrected chi connectivity index (χ2v) is 4.03. The second kappa shape index (κ2) is 4.45. The normalized spacial score (nSPS) is 10.5. The number of aromatic nitrogens is 2. The van der Waals surface area contributed by atoms with Gasteiger partial charge in [-0.3, -0.25) is 4.98 Å². The number of nitrogens with zero attached hydrogens (tertiary/aromatic N) is 2. The first-order valence-corrected chi connectivity index (χ1v) is 5.68. The summed E-state index contributed by atoms with van der Waals surface area (Å²) in [5, 5.41) is 0. The van der Waals surface area contributed by atoms with E-state index in [4.69, 9.17) is 4.42 Å². The van der Waals surface area contributed by atoms with E-state index in [1.807, 2.05) is 31.2 Å². The Balaban J connectivity index is 2.22. The third kappa shape index (κ3) is 1.91. The minimum atomic E-state index is 0.682. The summed E-state index contributed by atoms with van der Waals surface area (Å²) in [6.45, 7) is 1.95. The number of hydrogen-bond acceptors (Lipinski definition) is 3. The van der Waals surface area contributed by atoms with Crippen molar-refractivity contribution < 1.29 is 4.42 Å². The number of aryl methyl sites for hydroxylation is 1. The highest BCUT2D eigenvalue weighted by Crippen LogP contribution is 2.31. The molecule has 0 atom stereocenters. The van der Waals surface area contributed by atoms with Gasteiger partial charge >= 0.3 is 0 Å². The summed E-state index contributed by atoms with van der Waals surface area (Å²) in [6.07, 6.45) is 6.11. The van der Waals surface area contributed by atoms with Crippen molar-refractivity contribution in [1.29, 1.82) is 0 Å². The lowest BCUT2D eigenvalue weighted by Crippen LogP contribution is -1.89. The van der Waals surface area contributed by atoms with E-state index in [0.717, 1.165) is 22.4 Å². The molecular weight excluding hydrogens is 224 g/mol. The van der Waals surface area contributed by atoms with Gasteiger partial charge in [-0.25, -0.2) is 4.98 Å². The lowest BCUT2D eigenvalue weighted by molar-refractivity contribution is 0.572. The zero-order chi connectivity index (χ0) is 12.4. The number of rotatable bonds is 2. The Hall–Kier alpha value is -2.42. The van der Waals surface area contributed by atoms with Gasteiger partial charge in [-0.1, -0.05) is 30.3 Å². The van der Waals surface area contributed by atoms with Gasteiger partial charge in [0.15, 0.2) is 12.2 Å². The summed E-state index contributed by atoms with van der Waals surface area (Å²) in [5.74, 6) is 0.682. The molecule has 0 spiro atoms. The molecule has 3 heteroatoms. The molecule has 0 amide bonds. The van der Waals surface area contributed by atoms with Crippen LogP contribution in [0.25, 0.3) is 22.5 Å². The second-order valence-electron chi connectivity index (χ2n) is 4.03. The van der Waals surface area contributed by atoms with E-state index >= 15 is 0 Å². The molecule has 3 aromatic rings. The van der Waals surface area contributed by atoms with Crippen LogP contribution in [0.1, 0.15) is 5.69 Å². The van der Waals surface area contributed by atoms with E-state index in [-0.39, 0.29) is 0 Å². The Bertz CT molecular complexity index is 646. The van der Waals surface area contributed by atoms with Crippen molar-refractivity contribution in [3.8, 4) is 22.5 Å². The highest BCUT2D eigenvalue weighted by atomic mass is 16.3. The van der Waals surface area contributed by atoms with Crippen molar-refractivity contribution in [2.24, 2.45) is 0 Å². The van der Waals surface area contributed by atoms with Crippen LogP contribution in [0, 0.1) is 13.1 Å². The van der Waals surface area contributed by atoms with Gasteiger partial charge in [-0.05, 0) is 24.1 Å². The molecule has 0 fully saturated rings. The average molecular weight is 235 g/mol. The SMILES string of the molecule is Cc1cc(-c2ccccc2)c(-c2cnco2)[c]n1. The molecule has 1 radical (unpaired) electrons. The Morgan fingerprint density at radius 2 is 2.00 bits per heavy atom. The van der Waals surface area contributed by atoms with Crippen LogP contribution in [0.2, 0.25) is 0 Å². The predicted octanol–water partition coefficient (Wildman–Crippen LogP) is 3.51. The summed E-state index contributed by atoms with van der Waals surface area (Å²) >= 11 is 0. The Morgan fingerprint density at radius 1 is 1.17 bits per heavy atom. The van der Waals surface area contributed by atoms with Crippen LogP contribution >= 0.6 is 0 Å². The van der Waals surface area contributed by atoms with Gasteiger partial charge in [0.25, 0.3) is 0 Å². The summed E-state index contributed by atoms with van der Waals surface area (Å²) in [6, 6.07) is 12.2. The van der Waals surface area contributed by atoms with Crippen LogP contribution in [0.3, 0.4) is 0 Å². The fourth-order valence-corrected chi connectivity index (χ4v) is 1.89. The molecule has 3 rings (SSSR count). The van der Waals surface area contributed by atoms with E-state index in [9.17, 15) is 0 Å². The third-order valence-electron chi connectivity index (χ3n) is 2.73. The van der Waals surface area contributed by atoms with Gasteiger partial charge in [0.1, 0.15) is 6.20 Å². The highest BCUT2D eigenvalue weighted by molar-refractivity contribution is 5.80. The fraction of sp³-hybridized carbons (Fsp3) is 0.0667. The molecule has 3 nitrogen and oxygen atoms in total. The van der Waals surface area contributed by atoms with Crippen LogP contribution < -0.4 is 0 Å². The summed E-state index contributed by atoms with van der Waals surface area (Å²) in [4.78, 5) is 8.15. The number of benzene rings is 1. The molecule has 0 N–H and O–H groups in total. The molecule has 1 aromatic carbocycles. The van der Waals surface area contributed by atoms with Crippen LogP contribution in [0.5, 0.6) is 0 Å². The topological polar surface area (TPSA) is 38.9 Å². The minimum Gasteiger partial charge on any atom is -0.443 e. The lowest BCUT2D eigenvalue weighted by atomic mass is 10.00. The lowest BCUT2D eigenvalue weighted by Gasteiger charge is -2.07. The van der Waals surface area contributed by atoms with Gasteiger partial charge < -0.3 is 4.42 Å². The summed E-state index contributed by atoms with van der Waals surface area (Å²) < 4.78 is 5.34. The smallest absolute Gasteiger partial charge is 0.181 e. The average Bonchev–Trinajstić information content (AvgIpc) is 2.93. The quantitative estimate of drug-likeness (QED) is 0.682. The van der Waals surface area contributed by atoms with E-state index in [0.29, 0.717) is 5.76 Å². The van der Waals surface area contributed by atoms with E-state index in [1.165, 1.54) is 6.39 Å². The molecule has 0 bridgehead atoms. The zero-order valence-corrected chi connectivity index (χ0v) is 9.92. The molecule has 0 aliphatic carbocycles. The Morgan fingerprint density at radius 3 is 2.72 bits per heavy atom. The number of oxazole rings is 1. The van der Waals surface area contributed by atoms with Gasteiger partial charge in [-0.2, -0.15) is 0 Å². The van der Waals surface area contributed by atoms with Crippen molar-refractivity contribution in [3.05, 3.63) is 60.9 Å². The van der Waals surface area contributed by atoms with Crippen molar-refractivity contribution in [2.75, 3.05) is 0 Å². The largest absolute Gasteiger partial charge is 0.443 e. The third-order valence-corrected chi connectivity index (χ3v) is 2.73. The van der Waals surface area contributed by atoms with Crippen LogP contribution in [-0.4, -0.2) is 9.97 Å². The van der Waals surface area contributed by atoms with E-state index < -0.39 is 0 Å². The fourth-order valence-electron chi connectivity index (χ4n) is 1.89. The Labute approximate surface area is 105 Å². The first-order valence-electron chi connectivity index (χ1n) is 5.68. The molecule has 0 saturated heterocycles. The molecular formula is C15H11N2O.